The fraction of sp³-hybridized carbons (Fsp3) is 0.136. The Hall–Kier alpha value is -3.18. The molecule has 3 aromatic carbocycles. The number of benzene rings is 3. The maximum absolute atomic E-state index is 12.5. The van der Waals surface area contributed by atoms with Crippen LogP contribution in [0, 0.1) is 0 Å². The smallest absolute Gasteiger partial charge is 0.259 e. The second-order valence-electron chi connectivity index (χ2n) is 6.23. The third kappa shape index (κ3) is 5.18. The number of aryl methyl sites for hydroxylation is 1. The third-order valence-corrected chi connectivity index (χ3v) is 4.36. The maximum atomic E-state index is 12.5. The monoisotopic (exact) mass is 397 g/mol. The van der Waals surface area contributed by atoms with Gasteiger partial charge in [0.2, 0.25) is 0 Å². The molecular weight excluding hydrogens is 378 g/mol. The van der Waals surface area contributed by atoms with E-state index in [1.807, 2.05) is 18.2 Å². The molecule has 144 valence electrons. The van der Waals surface area contributed by atoms with Crippen molar-refractivity contribution >= 4 is 23.2 Å². The van der Waals surface area contributed by atoms with E-state index in [2.05, 4.69) is 17.4 Å². The second-order valence-corrected chi connectivity index (χ2v) is 6.67. The van der Waals surface area contributed by atoms with Crippen LogP contribution in [-0.4, -0.2) is 22.7 Å². The molecular formula is C22H20ClNO4. The van der Waals surface area contributed by atoms with Crippen LogP contribution in [0.15, 0.2) is 66.7 Å². The summed E-state index contributed by atoms with van der Waals surface area (Å²) < 4.78 is 5.79. The zero-order valence-corrected chi connectivity index (χ0v) is 15.8. The van der Waals surface area contributed by atoms with Gasteiger partial charge in [-0.3, -0.25) is 4.79 Å². The fourth-order valence-electron chi connectivity index (χ4n) is 2.72. The van der Waals surface area contributed by atoms with Gasteiger partial charge in [0.1, 0.15) is 17.2 Å². The first-order valence-electron chi connectivity index (χ1n) is 8.82. The van der Waals surface area contributed by atoms with Gasteiger partial charge in [-0.25, -0.2) is 0 Å². The van der Waals surface area contributed by atoms with Crippen LogP contribution in [0.5, 0.6) is 17.2 Å². The van der Waals surface area contributed by atoms with Crippen molar-refractivity contribution in [3.05, 3.63) is 82.9 Å². The van der Waals surface area contributed by atoms with Crippen molar-refractivity contribution in [1.29, 1.82) is 0 Å². The predicted molar refractivity (Wildman–Crippen MR) is 109 cm³/mol. The highest BCUT2D eigenvalue weighted by atomic mass is 35.5. The second kappa shape index (κ2) is 9.15. The standard InChI is InChI=1S/C22H20ClNO4/c23-16-8-10-20(26)18(13-16)22(27)24-19-14-17(25)9-11-21(19)28-12-4-7-15-5-2-1-3-6-15/h1-3,5-6,8-11,13-14,25-26H,4,7,12H2,(H,24,27). The molecule has 0 saturated heterocycles. The minimum atomic E-state index is -0.556. The number of ether oxygens (including phenoxy) is 1. The first-order chi connectivity index (χ1) is 13.5. The van der Waals surface area contributed by atoms with Crippen molar-refractivity contribution in [2.45, 2.75) is 12.8 Å². The molecule has 0 bridgehead atoms. The van der Waals surface area contributed by atoms with Crippen molar-refractivity contribution in [2.24, 2.45) is 0 Å². The van der Waals surface area contributed by atoms with E-state index in [9.17, 15) is 15.0 Å². The number of hydrogen-bond donors (Lipinski definition) is 3. The molecule has 28 heavy (non-hydrogen) atoms. The van der Waals surface area contributed by atoms with E-state index in [4.69, 9.17) is 16.3 Å². The van der Waals surface area contributed by atoms with Crippen LogP contribution in [0.25, 0.3) is 0 Å². The topological polar surface area (TPSA) is 78.8 Å². The van der Waals surface area contributed by atoms with Crippen LogP contribution < -0.4 is 10.1 Å². The van der Waals surface area contributed by atoms with Crippen molar-refractivity contribution in [3.63, 3.8) is 0 Å². The first kappa shape index (κ1) is 19.6. The molecule has 0 aliphatic heterocycles. The molecule has 1 amide bonds. The number of phenols is 2. The number of nitrogens with one attached hydrogen (secondary N) is 1. The summed E-state index contributed by atoms with van der Waals surface area (Å²) in [4.78, 5) is 12.5. The zero-order chi connectivity index (χ0) is 19.9. The van der Waals surface area contributed by atoms with Gasteiger partial charge in [0.25, 0.3) is 5.91 Å². The molecule has 0 aliphatic carbocycles. The van der Waals surface area contributed by atoms with E-state index < -0.39 is 5.91 Å². The Bertz CT molecular complexity index is 960. The van der Waals surface area contributed by atoms with Crippen molar-refractivity contribution < 1.29 is 19.7 Å². The van der Waals surface area contributed by atoms with Crippen molar-refractivity contribution in [1.82, 2.24) is 0 Å². The van der Waals surface area contributed by atoms with E-state index in [1.54, 1.807) is 6.07 Å². The molecule has 5 nitrogen and oxygen atoms in total. The van der Waals surface area contributed by atoms with E-state index in [1.165, 1.54) is 35.9 Å². The van der Waals surface area contributed by atoms with Crippen LogP contribution in [0.1, 0.15) is 22.3 Å². The third-order valence-electron chi connectivity index (χ3n) is 4.12. The van der Waals surface area contributed by atoms with Crippen LogP contribution in [0.2, 0.25) is 5.02 Å². The number of anilines is 1. The van der Waals surface area contributed by atoms with Crippen LogP contribution in [0.3, 0.4) is 0 Å². The average Bonchev–Trinajstić information content (AvgIpc) is 2.69. The summed E-state index contributed by atoms with van der Waals surface area (Å²) in [6.45, 7) is 0.449. The Balaban J connectivity index is 1.66. The lowest BCUT2D eigenvalue weighted by Gasteiger charge is -2.14. The number of amides is 1. The number of carbonyl (C=O) groups excluding carboxylic acids is 1. The maximum Gasteiger partial charge on any atom is 0.259 e. The minimum Gasteiger partial charge on any atom is -0.508 e. The number of carbonyl (C=O) groups is 1. The Morgan fingerprint density at radius 1 is 1.00 bits per heavy atom. The molecule has 0 heterocycles. The quantitative estimate of drug-likeness (QED) is 0.489. The molecule has 0 atom stereocenters. The first-order valence-corrected chi connectivity index (χ1v) is 9.20. The Morgan fingerprint density at radius 3 is 2.57 bits per heavy atom. The normalized spacial score (nSPS) is 10.5. The van der Waals surface area contributed by atoms with Gasteiger partial charge in [-0.2, -0.15) is 0 Å². The fourth-order valence-corrected chi connectivity index (χ4v) is 2.90. The Labute approximate surface area is 168 Å². The lowest BCUT2D eigenvalue weighted by atomic mass is 10.1. The van der Waals surface area contributed by atoms with Crippen molar-refractivity contribution in [2.75, 3.05) is 11.9 Å². The van der Waals surface area contributed by atoms with E-state index in [0.717, 1.165) is 12.8 Å². The highest BCUT2D eigenvalue weighted by Crippen LogP contribution is 2.30. The van der Waals surface area contributed by atoms with Gasteiger partial charge in [0.05, 0.1) is 17.9 Å². The number of hydrogen-bond acceptors (Lipinski definition) is 4. The summed E-state index contributed by atoms with van der Waals surface area (Å²) in [6.07, 6.45) is 1.67. The molecule has 6 heteroatoms. The Kier molecular flexibility index (Phi) is 6.40. The SMILES string of the molecule is O=C(Nc1cc(O)ccc1OCCCc1ccccc1)c1cc(Cl)ccc1O. The highest BCUT2D eigenvalue weighted by Gasteiger charge is 2.15. The molecule has 0 radical (unpaired) electrons. The molecule has 0 saturated carbocycles. The molecule has 0 aromatic heterocycles. The summed E-state index contributed by atoms with van der Waals surface area (Å²) in [5.41, 5.74) is 1.57. The number of rotatable bonds is 7. The average molecular weight is 398 g/mol. The summed E-state index contributed by atoms with van der Waals surface area (Å²) >= 11 is 5.90. The van der Waals surface area contributed by atoms with Crippen LogP contribution >= 0.6 is 11.6 Å². The molecule has 0 fully saturated rings. The highest BCUT2D eigenvalue weighted by molar-refractivity contribution is 6.31. The predicted octanol–water partition coefficient (Wildman–Crippen LogP) is 5.02. The van der Waals surface area contributed by atoms with E-state index in [0.29, 0.717) is 23.1 Å². The molecule has 3 N–H and O–H groups in total. The van der Waals surface area contributed by atoms with Gasteiger partial charge in [-0.1, -0.05) is 41.9 Å². The van der Waals surface area contributed by atoms with Gasteiger partial charge in [0.15, 0.2) is 0 Å². The van der Waals surface area contributed by atoms with Crippen LogP contribution in [-0.2, 0) is 6.42 Å². The molecule has 0 spiro atoms. The number of phenolic OH excluding ortho intramolecular Hbond substituents is 2. The largest absolute Gasteiger partial charge is 0.508 e. The van der Waals surface area contributed by atoms with Gasteiger partial charge >= 0.3 is 0 Å². The van der Waals surface area contributed by atoms with Crippen molar-refractivity contribution in [3.8, 4) is 17.2 Å². The minimum absolute atomic E-state index is 0.0118. The summed E-state index contributed by atoms with van der Waals surface area (Å²) in [6, 6.07) is 18.8. The molecule has 0 aliphatic rings. The summed E-state index contributed by atoms with van der Waals surface area (Å²) in [7, 11) is 0. The molecule has 0 unspecified atom stereocenters. The molecule has 3 rings (SSSR count). The lowest BCUT2D eigenvalue weighted by molar-refractivity contribution is 0.102. The van der Waals surface area contributed by atoms with Gasteiger partial charge in [0, 0.05) is 11.1 Å². The summed E-state index contributed by atoms with van der Waals surface area (Å²) in [5.74, 6) is -0.324. The zero-order valence-electron chi connectivity index (χ0n) is 15.1. The van der Waals surface area contributed by atoms with Gasteiger partial charge in [-0.05, 0) is 48.7 Å². The van der Waals surface area contributed by atoms with E-state index >= 15 is 0 Å². The Morgan fingerprint density at radius 2 is 1.79 bits per heavy atom. The number of aromatic hydroxyl groups is 2. The summed E-state index contributed by atoms with van der Waals surface area (Å²) in [5, 5.41) is 22.6. The van der Waals surface area contributed by atoms with E-state index in [-0.39, 0.29) is 17.1 Å². The molecule has 3 aromatic rings. The lowest BCUT2D eigenvalue weighted by Crippen LogP contribution is -2.13. The van der Waals surface area contributed by atoms with Crippen LogP contribution in [0.4, 0.5) is 5.69 Å². The van der Waals surface area contributed by atoms with Gasteiger partial charge in [-0.15, -0.1) is 0 Å². The number of halogens is 1. The van der Waals surface area contributed by atoms with Gasteiger partial charge < -0.3 is 20.3 Å².